The van der Waals surface area contributed by atoms with Crippen molar-refractivity contribution in [2.24, 2.45) is 0 Å². The zero-order chi connectivity index (χ0) is 21.5. The maximum Gasteiger partial charge on any atom is 0.274 e. The van der Waals surface area contributed by atoms with Crippen molar-refractivity contribution >= 4 is 34.8 Å². The van der Waals surface area contributed by atoms with E-state index < -0.39 is 0 Å². The summed E-state index contributed by atoms with van der Waals surface area (Å²) in [7, 11) is 0. The van der Waals surface area contributed by atoms with E-state index in [9.17, 15) is 4.79 Å². The number of carbonyl (C=O) groups excluding carboxylic acids is 1. The zero-order valence-electron chi connectivity index (χ0n) is 16.3. The van der Waals surface area contributed by atoms with E-state index in [1.165, 1.54) is 6.20 Å². The minimum Gasteiger partial charge on any atom is -0.489 e. The summed E-state index contributed by atoms with van der Waals surface area (Å²) in [6.45, 7) is 0.369. The van der Waals surface area contributed by atoms with E-state index in [4.69, 9.17) is 16.3 Å². The van der Waals surface area contributed by atoms with E-state index in [0.717, 1.165) is 11.3 Å². The minimum absolute atomic E-state index is 0.233. The van der Waals surface area contributed by atoms with E-state index in [1.54, 1.807) is 48.8 Å². The van der Waals surface area contributed by atoms with Gasteiger partial charge in [-0.15, -0.1) is 0 Å². The standard InChI is InChI=1S/C23H18ClN5O2/c24-17-4-1-3-16(13-17)15-31-20-6-2-5-19(14-20)27-22(30)21-9-12-26-23(29-21)28-18-7-10-25-11-8-18/h1-14H,15H2,(H,27,30)(H,25,26,28,29). The number of carbonyl (C=O) groups is 1. The van der Waals surface area contributed by atoms with E-state index in [0.29, 0.717) is 29.0 Å². The summed E-state index contributed by atoms with van der Waals surface area (Å²) in [6.07, 6.45) is 4.83. The molecule has 2 heterocycles. The second-order valence-electron chi connectivity index (χ2n) is 6.53. The van der Waals surface area contributed by atoms with Gasteiger partial charge in [-0.2, -0.15) is 0 Å². The first-order chi connectivity index (χ1) is 15.2. The number of benzene rings is 2. The van der Waals surface area contributed by atoms with Crippen molar-refractivity contribution in [2.45, 2.75) is 6.61 Å². The number of nitrogens with one attached hydrogen (secondary N) is 2. The van der Waals surface area contributed by atoms with Gasteiger partial charge in [-0.3, -0.25) is 9.78 Å². The molecule has 0 bridgehead atoms. The monoisotopic (exact) mass is 431 g/mol. The average molecular weight is 432 g/mol. The molecule has 31 heavy (non-hydrogen) atoms. The molecule has 0 aliphatic heterocycles. The molecule has 2 aromatic carbocycles. The van der Waals surface area contributed by atoms with Crippen LogP contribution in [0.5, 0.6) is 5.75 Å². The van der Waals surface area contributed by atoms with E-state index in [2.05, 4.69) is 25.6 Å². The van der Waals surface area contributed by atoms with Gasteiger partial charge in [0.1, 0.15) is 18.1 Å². The van der Waals surface area contributed by atoms with Crippen molar-refractivity contribution < 1.29 is 9.53 Å². The fourth-order valence-corrected chi connectivity index (χ4v) is 2.97. The van der Waals surface area contributed by atoms with Gasteiger partial charge in [-0.05, 0) is 48.0 Å². The molecule has 0 unspecified atom stereocenters. The molecular formula is C23H18ClN5O2. The highest BCUT2D eigenvalue weighted by atomic mass is 35.5. The summed E-state index contributed by atoms with van der Waals surface area (Å²) in [5.74, 6) is 0.588. The number of halogens is 1. The van der Waals surface area contributed by atoms with Gasteiger partial charge in [0.15, 0.2) is 0 Å². The van der Waals surface area contributed by atoms with Crippen LogP contribution in [0.2, 0.25) is 5.02 Å². The van der Waals surface area contributed by atoms with Crippen LogP contribution in [0.1, 0.15) is 16.1 Å². The number of hydrogen-bond acceptors (Lipinski definition) is 6. The minimum atomic E-state index is -0.354. The Labute approximate surface area is 184 Å². The molecule has 0 radical (unpaired) electrons. The molecule has 1 amide bonds. The Morgan fingerprint density at radius 3 is 2.61 bits per heavy atom. The maximum absolute atomic E-state index is 12.7. The lowest BCUT2D eigenvalue weighted by atomic mass is 10.2. The largest absolute Gasteiger partial charge is 0.489 e. The summed E-state index contributed by atoms with van der Waals surface area (Å²) in [4.78, 5) is 25.0. The van der Waals surface area contributed by atoms with E-state index >= 15 is 0 Å². The smallest absolute Gasteiger partial charge is 0.274 e. The third-order valence-electron chi connectivity index (χ3n) is 4.21. The number of rotatable bonds is 7. The average Bonchev–Trinajstić information content (AvgIpc) is 2.79. The summed E-state index contributed by atoms with van der Waals surface area (Å²) < 4.78 is 5.81. The molecule has 0 aliphatic rings. The first-order valence-electron chi connectivity index (χ1n) is 9.44. The number of pyridine rings is 1. The highest BCUT2D eigenvalue weighted by Crippen LogP contribution is 2.20. The molecule has 0 spiro atoms. The number of aromatic nitrogens is 3. The fraction of sp³-hybridized carbons (Fsp3) is 0.0435. The van der Waals surface area contributed by atoms with Crippen LogP contribution < -0.4 is 15.4 Å². The molecule has 7 nitrogen and oxygen atoms in total. The van der Waals surface area contributed by atoms with Crippen molar-refractivity contribution in [3.05, 3.63) is 102 Å². The Bertz CT molecular complexity index is 1190. The molecule has 2 N–H and O–H groups in total. The first kappa shape index (κ1) is 20.3. The number of nitrogens with zero attached hydrogens (tertiary/aromatic N) is 3. The molecule has 0 saturated heterocycles. The maximum atomic E-state index is 12.7. The molecule has 0 saturated carbocycles. The number of anilines is 3. The van der Waals surface area contributed by atoms with Gasteiger partial charge in [0.25, 0.3) is 5.91 Å². The van der Waals surface area contributed by atoms with Crippen molar-refractivity contribution in [1.82, 2.24) is 15.0 Å². The summed E-state index contributed by atoms with van der Waals surface area (Å²) in [6, 6.07) is 19.7. The lowest BCUT2D eigenvalue weighted by Gasteiger charge is -2.10. The predicted octanol–water partition coefficient (Wildman–Crippen LogP) is 5.10. The van der Waals surface area contributed by atoms with Crippen molar-refractivity contribution in [3.8, 4) is 5.75 Å². The molecule has 154 valence electrons. The Morgan fingerprint density at radius 2 is 1.77 bits per heavy atom. The SMILES string of the molecule is O=C(Nc1cccc(OCc2cccc(Cl)c2)c1)c1ccnc(Nc2ccncc2)n1. The van der Waals surface area contributed by atoms with Crippen molar-refractivity contribution in [2.75, 3.05) is 10.6 Å². The van der Waals surface area contributed by atoms with Gasteiger partial charge in [0.05, 0.1) is 0 Å². The molecule has 0 atom stereocenters. The van der Waals surface area contributed by atoms with Crippen LogP contribution in [0.3, 0.4) is 0 Å². The lowest BCUT2D eigenvalue weighted by Crippen LogP contribution is -2.14. The van der Waals surface area contributed by atoms with Crippen LogP contribution >= 0.6 is 11.6 Å². The second kappa shape index (κ2) is 9.69. The molecular weight excluding hydrogens is 414 g/mol. The predicted molar refractivity (Wildman–Crippen MR) is 120 cm³/mol. The Morgan fingerprint density at radius 1 is 0.935 bits per heavy atom. The van der Waals surface area contributed by atoms with Gasteiger partial charge in [-0.25, -0.2) is 9.97 Å². The van der Waals surface area contributed by atoms with Crippen molar-refractivity contribution in [1.29, 1.82) is 0 Å². The van der Waals surface area contributed by atoms with Crippen LogP contribution in [0.25, 0.3) is 0 Å². The molecule has 4 rings (SSSR count). The number of amides is 1. The normalized spacial score (nSPS) is 10.4. The molecule has 2 aromatic heterocycles. The molecule has 0 aliphatic carbocycles. The summed E-state index contributed by atoms with van der Waals surface area (Å²) in [5, 5.41) is 6.52. The van der Waals surface area contributed by atoms with Crippen LogP contribution in [0.15, 0.2) is 85.3 Å². The van der Waals surface area contributed by atoms with E-state index in [-0.39, 0.29) is 11.6 Å². The van der Waals surface area contributed by atoms with Crippen LogP contribution in [-0.2, 0) is 6.61 Å². The Kier molecular flexibility index (Phi) is 6.35. The van der Waals surface area contributed by atoms with Gasteiger partial charge in [0.2, 0.25) is 5.95 Å². The third kappa shape index (κ3) is 5.77. The number of ether oxygens (including phenoxy) is 1. The summed E-state index contributed by atoms with van der Waals surface area (Å²) in [5.41, 5.74) is 2.56. The first-order valence-corrected chi connectivity index (χ1v) is 9.82. The van der Waals surface area contributed by atoms with Crippen LogP contribution in [-0.4, -0.2) is 20.9 Å². The van der Waals surface area contributed by atoms with Crippen LogP contribution in [0, 0.1) is 0 Å². The second-order valence-corrected chi connectivity index (χ2v) is 6.96. The van der Waals surface area contributed by atoms with Crippen molar-refractivity contribution in [3.63, 3.8) is 0 Å². The zero-order valence-corrected chi connectivity index (χ0v) is 17.1. The summed E-state index contributed by atoms with van der Waals surface area (Å²) >= 11 is 6.00. The highest BCUT2D eigenvalue weighted by molar-refractivity contribution is 6.30. The van der Waals surface area contributed by atoms with Gasteiger partial charge < -0.3 is 15.4 Å². The van der Waals surface area contributed by atoms with E-state index in [1.807, 2.05) is 30.3 Å². The van der Waals surface area contributed by atoms with Gasteiger partial charge >= 0.3 is 0 Å². The fourth-order valence-electron chi connectivity index (χ4n) is 2.76. The third-order valence-corrected chi connectivity index (χ3v) is 4.45. The number of hydrogen-bond donors (Lipinski definition) is 2. The Balaban J connectivity index is 1.40. The lowest BCUT2D eigenvalue weighted by molar-refractivity contribution is 0.102. The Hall–Kier alpha value is -3.97. The molecule has 0 fully saturated rings. The van der Waals surface area contributed by atoms with Gasteiger partial charge in [-0.1, -0.05) is 29.8 Å². The topological polar surface area (TPSA) is 89.0 Å². The van der Waals surface area contributed by atoms with Gasteiger partial charge in [0, 0.05) is 41.1 Å². The highest BCUT2D eigenvalue weighted by Gasteiger charge is 2.10. The quantitative estimate of drug-likeness (QED) is 0.423. The van der Waals surface area contributed by atoms with Crippen LogP contribution in [0.4, 0.5) is 17.3 Å². The molecule has 8 heteroatoms. The molecule has 4 aromatic rings.